The molecule has 0 aliphatic rings. The fraction of sp³-hybridized carbons (Fsp3) is 0.500. The van der Waals surface area contributed by atoms with E-state index in [1.54, 1.807) is 0 Å². The molecule has 14 heavy (non-hydrogen) atoms. The fourth-order valence-corrected chi connectivity index (χ4v) is 1.48. The number of benzene rings is 1. The van der Waals surface area contributed by atoms with Crippen molar-refractivity contribution in [2.75, 3.05) is 0 Å². The van der Waals surface area contributed by atoms with Gasteiger partial charge in [0.05, 0.1) is 0 Å². The molecular weight excluding hydrogens is 194 g/mol. The van der Waals surface area contributed by atoms with Gasteiger partial charge in [-0.15, -0.1) is 12.4 Å². The molecule has 0 fully saturated rings. The average Bonchev–Trinajstić information content (AvgIpc) is 2.19. The van der Waals surface area contributed by atoms with Crippen LogP contribution in [-0.2, 0) is 0 Å². The van der Waals surface area contributed by atoms with Gasteiger partial charge in [-0.1, -0.05) is 56.5 Å². The Hall–Kier alpha value is -0.530. The molecule has 2 heteroatoms. The zero-order valence-corrected chi connectivity index (χ0v) is 9.59. The Balaban J connectivity index is 0.00000169. The SMILES string of the molecule is CCCCCC(N)c1ccccc1.Cl. The highest BCUT2D eigenvalue weighted by Crippen LogP contribution is 2.16. The molecule has 0 heterocycles. The van der Waals surface area contributed by atoms with Crippen molar-refractivity contribution in [1.29, 1.82) is 0 Å². The van der Waals surface area contributed by atoms with E-state index in [0.717, 1.165) is 6.42 Å². The Morgan fingerprint density at radius 3 is 2.36 bits per heavy atom. The molecule has 0 aliphatic heterocycles. The molecule has 80 valence electrons. The zero-order valence-electron chi connectivity index (χ0n) is 8.78. The first-order valence-electron chi connectivity index (χ1n) is 5.15. The van der Waals surface area contributed by atoms with E-state index < -0.39 is 0 Å². The molecule has 0 bridgehead atoms. The number of hydrogen-bond donors (Lipinski definition) is 1. The summed E-state index contributed by atoms with van der Waals surface area (Å²) in [5, 5.41) is 0. The van der Waals surface area contributed by atoms with Crippen LogP contribution in [0.5, 0.6) is 0 Å². The lowest BCUT2D eigenvalue weighted by molar-refractivity contribution is 0.581. The molecular formula is C12H20ClN. The van der Waals surface area contributed by atoms with Crippen molar-refractivity contribution in [2.45, 2.75) is 38.6 Å². The Bertz CT molecular complexity index is 223. The minimum atomic E-state index is 0. The van der Waals surface area contributed by atoms with E-state index in [1.165, 1.54) is 24.8 Å². The van der Waals surface area contributed by atoms with Gasteiger partial charge in [-0.25, -0.2) is 0 Å². The van der Waals surface area contributed by atoms with Gasteiger partial charge in [0.25, 0.3) is 0 Å². The van der Waals surface area contributed by atoms with Crippen LogP contribution in [0.15, 0.2) is 30.3 Å². The summed E-state index contributed by atoms with van der Waals surface area (Å²) < 4.78 is 0. The van der Waals surface area contributed by atoms with Gasteiger partial charge in [0.2, 0.25) is 0 Å². The van der Waals surface area contributed by atoms with Crippen molar-refractivity contribution in [1.82, 2.24) is 0 Å². The van der Waals surface area contributed by atoms with Crippen LogP contribution in [0.1, 0.15) is 44.2 Å². The molecule has 0 saturated heterocycles. The maximum Gasteiger partial charge on any atom is 0.0294 e. The van der Waals surface area contributed by atoms with E-state index in [1.807, 2.05) is 6.07 Å². The molecule has 0 radical (unpaired) electrons. The van der Waals surface area contributed by atoms with Gasteiger partial charge in [-0.05, 0) is 12.0 Å². The number of hydrogen-bond acceptors (Lipinski definition) is 1. The Kier molecular flexibility index (Phi) is 7.54. The van der Waals surface area contributed by atoms with E-state index >= 15 is 0 Å². The highest BCUT2D eigenvalue weighted by Gasteiger charge is 2.03. The van der Waals surface area contributed by atoms with Gasteiger partial charge >= 0.3 is 0 Å². The van der Waals surface area contributed by atoms with Gasteiger partial charge in [-0.3, -0.25) is 0 Å². The van der Waals surface area contributed by atoms with Gasteiger partial charge in [0.1, 0.15) is 0 Å². The van der Waals surface area contributed by atoms with Crippen molar-refractivity contribution in [3.8, 4) is 0 Å². The summed E-state index contributed by atoms with van der Waals surface area (Å²) in [5.41, 5.74) is 7.30. The lowest BCUT2D eigenvalue weighted by Gasteiger charge is -2.10. The second kappa shape index (κ2) is 7.84. The molecule has 0 aromatic heterocycles. The zero-order chi connectivity index (χ0) is 9.52. The third-order valence-corrected chi connectivity index (χ3v) is 2.35. The molecule has 1 nitrogen and oxygen atoms in total. The second-order valence-corrected chi connectivity index (χ2v) is 3.51. The summed E-state index contributed by atoms with van der Waals surface area (Å²) in [4.78, 5) is 0. The molecule has 1 aromatic carbocycles. The van der Waals surface area contributed by atoms with Gasteiger partial charge in [0, 0.05) is 6.04 Å². The number of nitrogens with two attached hydrogens (primary N) is 1. The lowest BCUT2D eigenvalue weighted by atomic mass is 10.0. The molecule has 0 aliphatic carbocycles. The normalized spacial score (nSPS) is 11.9. The standard InChI is InChI=1S/C12H19N.ClH/c1-2-3-5-10-12(13)11-8-6-4-7-9-11;/h4,6-9,12H,2-3,5,10,13H2,1H3;1H. The minimum absolute atomic E-state index is 0. The Labute approximate surface area is 93.1 Å². The van der Waals surface area contributed by atoms with Crippen molar-refractivity contribution >= 4 is 12.4 Å². The van der Waals surface area contributed by atoms with Crippen molar-refractivity contribution in [3.63, 3.8) is 0 Å². The van der Waals surface area contributed by atoms with E-state index in [0.29, 0.717) is 0 Å². The molecule has 0 spiro atoms. The number of unbranched alkanes of at least 4 members (excludes halogenated alkanes) is 2. The van der Waals surface area contributed by atoms with Crippen LogP contribution in [0.4, 0.5) is 0 Å². The second-order valence-electron chi connectivity index (χ2n) is 3.51. The molecule has 1 atom stereocenters. The smallest absolute Gasteiger partial charge is 0.0294 e. The predicted molar refractivity (Wildman–Crippen MR) is 64.8 cm³/mol. The van der Waals surface area contributed by atoms with E-state index in [4.69, 9.17) is 5.73 Å². The molecule has 2 N–H and O–H groups in total. The molecule has 1 unspecified atom stereocenters. The first-order valence-corrected chi connectivity index (χ1v) is 5.15. The van der Waals surface area contributed by atoms with Crippen LogP contribution in [-0.4, -0.2) is 0 Å². The third-order valence-electron chi connectivity index (χ3n) is 2.35. The van der Waals surface area contributed by atoms with Crippen LogP contribution in [0, 0.1) is 0 Å². The minimum Gasteiger partial charge on any atom is -0.324 e. The maximum atomic E-state index is 6.04. The van der Waals surface area contributed by atoms with Gasteiger partial charge < -0.3 is 5.73 Å². The summed E-state index contributed by atoms with van der Waals surface area (Å²) in [6.07, 6.45) is 4.91. The van der Waals surface area contributed by atoms with Crippen molar-refractivity contribution < 1.29 is 0 Å². The van der Waals surface area contributed by atoms with E-state index in [9.17, 15) is 0 Å². The van der Waals surface area contributed by atoms with Crippen LogP contribution < -0.4 is 5.73 Å². The Morgan fingerprint density at radius 2 is 1.79 bits per heavy atom. The summed E-state index contributed by atoms with van der Waals surface area (Å²) in [6, 6.07) is 10.6. The quantitative estimate of drug-likeness (QED) is 0.742. The van der Waals surface area contributed by atoms with Crippen LogP contribution in [0.3, 0.4) is 0 Å². The first kappa shape index (κ1) is 13.5. The van der Waals surface area contributed by atoms with Crippen LogP contribution >= 0.6 is 12.4 Å². The summed E-state index contributed by atoms with van der Waals surface area (Å²) in [7, 11) is 0. The first-order chi connectivity index (χ1) is 6.34. The topological polar surface area (TPSA) is 26.0 Å². The Morgan fingerprint density at radius 1 is 1.14 bits per heavy atom. The van der Waals surface area contributed by atoms with Crippen molar-refractivity contribution in [2.24, 2.45) is 5.73 Å². The molecule has 0 saturated carbocycles. The monoisotopic (exact) mass is 213 g/mol. The van der Waals surface area contributed by atoms with Crippen molar-refractivity contribution in [3.05, 3.63) is 35.9 Å². The average molecular weight is 214 g/mol. The summed E-state index contributed by atoms with van der Waals surface area (Å²) >= 11 is 0. The number of halogens is 1. The lowest BCUT2D eigenvalue weighted by Crippen LogP contribution is -2.09. The summed E-state index contributed by atoms with van der Waals surface area (Å²) in [5.74, 6) is 0. The maximum absolute atomic E-state index is 6.04. The predicted octanol–water partition coefficient (Wildman–Crippen LogP) is 3.69. The molecule has 1 rings (SSSR count). The largest absolute Gasteiger partial charge is 0.324 e. The third kappa shape index (κ3) is 4.64. The summed E-state index contributed by atoms with van der Waals surface area (Å²) in [6.45, 7) is 2.22. The highest BCUT2D eigenvalue weighted by molar-refractivity contribution is 5.85. The highest BCUT2D eigenvalue weighted by atomic mass is 35.5. The van der Waals surface area contributed by atoms with Gasteiger partial charge in [0.15, 0.2) is 0 Å². The molecule has 0 amide bonds. The van der Waals surface area contributed by atoms with E-state index in [2.05, 4.69) is 31.2 Å². The number of rotatable bonds is 5. The van der Waals surface area contributed by atoms with Crippen LogP contribution in [0.2, 0.25) is 0 Å². The van der Waals surface area contributed by atoms with E-state index in [-0.39, 0.29) is 18.4 Å². The molecule has 1 aromatic rings. The van der Waals surface area contributed by atoms with Gasteiger partial charge in [-0.2, -0.15) is 0 Å². The van der Waals surface area contributed by atoms with Crippen LogP contribution in [0.25, 0.3) is 0 Å². The fourth-order valence-electron chi connectivity index (χ4n) is 1.48.